The molecule has 0 spiro atoms. The third-order valence-corrected chi connectivity index (χ3v) is 5.18. The lowest BCUT2D eigenvalue weighted by molar-refractivity contribution is -0.921. The van der Waals surface area contributed by atoms with Crippen molar-refractivity contribution in [2.45, 2.75) is 20.8 Å². The summed E-state index contributed by atoms with van der Waals surface area (Å²) in [5, 5.41) is 0. The molecular formula is C9H22NO2S2+. The van der Waals surface area contributed by atoms with Crippen molar-refractivity contribution in [1.82, 2.24) is 0 Å². The zero-order valence-electron chi connectivity index (χ0n) is 9.62. The molecule has 0 aliphatic heterocycles. The summed E-state index contributed by atoms with van der Waals surface area (Å²) >= 11 is 4.85. The van der Waals surface area contributed by atoms with Crippen LogP contribution in [0.5, 0.6) is 0 Å². The van der Waals surface area contributed by atoms with Crippen LogP contribution in [0.1, 0.15) is 20.8 Å². The molecule has 0 saturated carbocycles. The molecule has 0 fully saturated rings. The summed E-state index contributed by atoms with van der Waals surface area (Å²) in [7, 11) is -1.04. The first-order chi connectivity index (χ1) is 6.45. The van der Waals surface area contributed by atoms with Crippen molar-refractivity contribution in [3.05, 3.63) is 0 Å². The molecule has 0 radical (unpaired) electrons. The number of hydrogen-bond donors (Lipinski definition) is 0. The van der Waals surface area contributed by atoms with E-state index in [-0.39, 0.29) is 0 Å². The van der Waals surface area contributed by atoms with E-state index in [4.69, 9.17) is 15.4 Å². The largest absolute Gasteiger partial charge is 0.323 e. The van der Waals surface area contributed by atoms with Crippen LogP contribution in [0.3, 0.4) is 0 Å². The van der Waals surface area contributed by atoms with Crippen LogP contribution in [0.2, 0.25) is 0 Å². The zero-order chi connectivity index (χ0) is 11.2. The molecule has 0 amide bonds. The van der Waals surface area contributed by atoms with Crippen molar-refractivity contribution < 1.29 is 12.9 Å². The van der Waals surface area contributed by atoms with Crippen molar-refractivity contribution in [1.29, 1.82) is 0 Å². The van der Waals surface area contributed by atoms with Gasteiger partial charge in [-0.1, -0.05) is 0 Å². The lowest BCUT2D eigenvalue weighted by Gasteiger charge is -2.35. The van der Waals surface area contributed by atoms with Gasteiger partial charge in [-0.15, -0.1) is 0 Å². The highest BCUT2D eigenvalue weighted by Gasteiger charge is 2.22. The van der Waals surface area contributed by atoms with Gasteiger partial charge in [-0.25, -0.2) is 4.21 Å². The average Bonchev–Trinajstić information content (AvgIpc) is 2.21. The van der Waals surface area contributed by atoms with Crippen LogP contribution in [0.15, 0.2) is 0 Å². The SMILES string of the molecule is CC[N+](CC)(CC)CCS(=O)(=S)OC. The monoisotopic (exact) mass is 240 g/mol. The lowest BCUT2D eigenvalue weighted by atomic mass is 10.3. The van der Waals surface area contributed by atoms with Gasteiger partial charge in [0.2, 0.25) is 0 Å². The normalized spacial score (nSPS) is 16.6. The van der Waals surface area contributed by atoms with E-state index in [1.54, 1.807) is 0 Å². The Morgan fingerprint density at radius 1 is 1.21 bits per heavy atom. The number of hydrogen-bond acceptors (Lipinski definition) is 3. The Labute approximate surface area is 92.9 Å². The standard InChI is InChI=1S/C9H22NO2S2/c1-5-10(6-2,7-3)8-9-14(11,13)12-4/h5-9H2,1-4H3/q+1. The van der Waals surface area contributed by atoms with Crippen LogP contribution in [0.4, 0.5) is 0 Å². The minimum atomic E-state index is -2.47. The Balaban J connectivity index is 4.34. The van der Waals surface area contributed by atoms with Crippen LogP contribution < -0.4 is 0 Å². The van der Waals surface area contributed by atoms with E-state index in [9.17, 15) is 4.21 Å². The quantitative estimate of drug-likeness (QED) is 0.625. The first-order valence-corrected chi connectivity index (χ1v) is 7.66. The molecular weight excluding hydrogens is 218 g/mol. The third kappa shape index (κ3) is 4.21. The maximum Gasteiger partial charge on any atom is 0.149 e. The summed E-state index contributed by atoms with van der Waals surface area (Å²) < 4.78 is 17.3. The highest BCUT2D eigenvalue weighted by atomic mass is 32.8. The van der Waals surface area contributed by atoms with E-state index in [1.165, 1.54) is 7.11 Å². The van der Waals surface area contributed by atoms with Crippen LogP contribution in [-0.2, 0) is 24.1 Å². The number of quaternary nitrogens is 1. The van der Waals surface area contributed by atoms with E-state index in [1.807, 2.05) is 0 Å². The molecule has 3 nitrogen and oxygen atoms in total. The number of rotatable bonds is 7. The zero-order valence-corrected chi connectivity index (χ0v) is 11.2. The fourth-order valence-corrected chi connectivity index (χ4v) is 2.54. The van der Waals surface area contributed by atoms with Crippen LogP contribution in [0.25, 0.3) is 0 Å². The molecule has 5 heteroatoms. The maximum atomic E-state index is 11.5. The fourth-order valence-electron chi connectivity index (χ4n) is 1.53. The molecule has 0 heterocycles. The Hall–Kier alpha value is 0.290. The topological polar surface area (TPSA) is 26.3 Å². The molecule has 1 unspecified atom stereocenters. The van der Waals surface area contributed by atoms with Gasteiger partial charge >= 0.3 is 0 Å². The van der Waals surface area contributed by atoms with Crippen molar-refractivity contribution in [2.24, 2.45) is 0 Å². The lowest BCUT2D eigenvalue weighted by Crippen LogP contribution is -2.50. The van der Waals surface area contributed by atoms with Crippen molar-refractivity contribution in [2.75, 3.05) is 39.0 Å². The van der Waals surface area contributed by atoms with Gasteiger partial charge in [-0.05, 0) is 20.8 Å². The molecule has 1 atom stereocenters. The summed E-state index contributed by atoms with van der Waals surface area (Å²) in [5.41, 5.74) is 0. The average molecular weight is 240 g/mol. The Morgan fingerprint density at radius 2 is 1.64 bits per heavy atom. The molecule has 0 aromatic carbocycles. The second kappa shape index (κ2) is 6.00. The van der Waals surface area contributed by atoms with Gasteiger partial charge in [0.05, 0.1) is 39.0 Å². The summed E-state index contributed by atoms with van der Waals surface area (Å²) in [6, 6.07) is 0. The van der Waals surface area contributed by atoms with Gasteiger partial charge in [0.25, 0.3) is 0 Å². The summed E-state index contributed by atoms with van der Waals surface area (Å²) in [6.07, 6.45) is 0. The minimum absolute atomic E-state index is 0.481. The molecule has 0 rings (SSSR count). The summed E-state index contributed by atoms with van der Waals surface area (Å²) in [4.78, 5) is 0. The molecule has 86 valence electrons. The second-order valence-corrected chi connectivity index (χ2v) is 6.82. The first kappa shape index (κ1) is 14.3. The van der Waals surface area contributed by atoms with Gasteiger partial charge in [0.15, 0.2) is 0 Å². The minimum Gasteiger partial charge on any atom is -0.323 e. The predicted octanol–water partition coefficient (Wildman–Crippen LogP) is 1.17. The molecule has 0 bridgehead atoms. The van der Waals surface area contributed by atoms with Gasteiger partial charge in [0, 0.05) is 11.2 Å². The van der Waals surface area contributed by atoms with E-state index >= 15 is 0 Å². The van der Waals surface area contributed by atoms with Crippen molar-refractivity contribution in [3.63, 3.8) is 0 Å². The predicted molar refractivity (Wildman–Crippen MR) is 64.1 cm³/mol. The summed E-state index contributed by atoms with van der Waals surface area (Å²) in [5.74, 6) is 0.481. The highest BCUT2D eigenvalue weighted by Crippen LogP contribution is 2.07. The van der Waals surface area contributed by atoms with Crippen molar-refractivity contribution in [3.8, 4) is 0 Å². The van der Waals surface area contributed by atoms with Crippen LogP contribution in [-0.4, -0.2) is 47.7 Å². The Morgan fingerprint density at radius 3 is 1.93 bits per heavy atom. The van der Waals surface area contributed by atoms with E-state index in [2.05, 4.69) is 20.8 Å². The Bertz CT molecular complexity index is 237. The smallest absolute Gasteiger partial charge is 0.149 e. The first-order valence-electron chi connectivity index (χ1n) is 5.08. The van der Waals surface area contributed by atoms with Crippen molar-refractivity contribution >= 4 is 20.0 Å². The molecule has 14 heavy (non-hydrogen) atoms. The highest BCUT2D eigenvalue weighted by molar-refractivity contribution is 8.30. The molecule has 0 aliphatic rings. The van der Waals surface area contributed by atoms with E-state index in [0.29, 0.717) is 5.75 Å². The van der Waals surface area contributed by atoms with E-state index in [0.717, 1.165) is 30.7 Å². The molecule has 0 saturated heterocycles. The number of nitrogens with zero attached hydrogens (tertiary/aromatic N) is 1. The molecule has 0 aromatic rings. The summed E-state index contributed by atoms with van der Waals surface area (Å²) in [6.45, 7) is 10.5. The van der Waals surface area contributed by atoms with Gasteiger partial charge in [0.1, 0.15) is 8.77 Å². The molecule has 0 aliphatic carbocycles. The van der Waals surface area contributed by atoms with Gasteiger partial charge < -0.3 is 4.48 Å². The van der Waals surface area contributed by atoms with Gasteiger partial charge in [-0.3, -0.25) is 4.18 Å². The molecule has 0 aromatic heterocycles. The second-order valence-electron chi connectivity index (χ2n) is 3.44. The Kier molecular flexibility index (Phi) is 6.12. The van der Waals surface area contributed by atoms with Crippen LogP contribution >= 0.6 is 0 Å². The maximum absolute atomic E-state index is 11.5. The van der Waals surface area contributed by atoms with Crippen LogP contribution in [0, 0.1) is 0 Å². The van der Waals surface area contributed by atoms with E-state index < -0.39 is 8.77 Å². The molecule has 0 N–H and O–H groups in total. The third-order valence-electron chi connectivity index (χ3n) is 3.08. The van der Waals surface area contributed by atoms with Gasteiger partial charge in [-0.2, -0.15) is 0 Å². The fraction of sp³-hybridized carbons (Fsp3) is 1.00.